The molecule has 1 saturated heterocycles. The van der Waals surface area contributed by atoms with Gasteiger partial charge in [-0.3, -0.25) is 4.79 Å². The van der Waals surface area contributed by atoms with E-state index in [0.717, 1.165) is 25.7 Å². The van der Waals surface area contributed by atoms with Gasteiger partial charge in [-0.1, -0.05) is 23.7 Å². The molecule has 0 unspecified atom stereocenters. The molecular formula is C27H32ClN5O5S. The van der Waals surface area contributed by atoms with Crippen LogP contribution in [-0.4, -0.2) is 61.9 Å². The van der Waals surface area contributed by atoms with Gasteiger partial charge in [0.25, 0.3) is 0 Å². The Morgan fingerprint density at radius 1 is 1.08 bits per heavy atom. The lowest BCUT2D eigenvalue weighted by molar-refractivity contribution is 0.205. The molecule has 3 aromatic rings. The van der Waals surface area contributed by atoms with E-state index < -0.39 is 10.0 Å². The minimum absolute atomic E-state index is 0.0368. The molecule has 1 aromatic heterocycles. The summed E-state index contributed by atoms with van der Waals surface area (Å²) >= 11 is 6.15. The number of anilines is 2. The molecule has 0 radical (unpaired) electrons. The van der Waals surface area contributed by atoms with Crippen molar-refractivity contribution < 1.29 is 17.9 Å². The minimum atomic E-state index is -3.58. The standard InChI is InChI=1S/C27H32ClN5O5S/c1-37-25-15-19(9-10-23(25)29)18-39(35,36)32-13-11-31(12-14-32)24-17-30-33(21-6-4-5-20(28)16-21)27(34)26(24)38-22-7-2-3-8-22/h4-6,9-10,15-17,22H,2-3,7-8,11-14,18,29H2,1H3. The Labute approximate surface area is 232 Å². The first kappa shape index (κ1) is 27.3. The molecule has 1 aliphatic heterocycles. The van der Waals surface area contributed by atoms with Crippen molar-refractivity contribution in [2.45, 2.75) is 37.5 Å². The quantitative estimate of drug-likeness (QED) is 0.407. The third kappa shape index (κ3) is 6.00. The molecule has 2 N–H and O–H groups in total. The van der Waals surface area contributed by atoms with E-state index in [1.807, 2.05) is 4.90 Å². The molecular weight excluding hydrogens is 542 g/mol. The summed E-state index contributed by atoms with van der Waals surface area (Å²) in [7, 11) is -2.08. The molecule has 5 rings (SSSR count). The molecule has 12 heteroatoms. The smallest absolute Gasteiger partial charge is 0.316 e. The Hall–Kier alpha value is -3.28. The fourth-order valence-electron chi connectivity index (χ4n) is 5.08. The molecule has 2 aromatic carbocycles. The summed E-state index contributed by atoms with van der Waals surface area (Å²) in [5.74, 6) is 0.529. The van der Waals surface area contributed by atoms with Crippen molar-refractivity contribution in [2.75, 3.05) is 43.9 Å². The number of nitrogens with zero attached hydrogens (tertiary/aromatic N) is 4. The lowest BCUT2D eigenvalue weighted by Crippen LogP contribution is -2.49. The number of aromatic nitrogens is 2. The topological polar surface area (TPSA) is 120 Å². The van der Waals surface area contributed by atoms with Gasteiger partial charge in [0.1, 0.15) is 11.4 Å². The van der Waals surface area contributed by atoms with E-state index in [1.165, 1.54) is 16.1 Å². The van der Waals surface area contributed by atoms with E-state index in [-0.39, 0.29) is 36.3 Å². The maximum absolute atomic E-state index is 13.6. The van der Waals surface area contributed by atoms with Crippen molar-refractivity contribution in [2.24, 2.45) is 0 Å². The summed E-state index contributed by atoms with van der Waals surface area (Å²) in [6, 6.07) is 11.9. The lowest BCUT2D eigenvalue weighted by Gasteiger charge is -2.36. The Morgan fingerprint density at radius 2 is 1.82 bits per heavy atom. The third-order valence-corrected chi connectivity index (χ3v) is 9.26. The number of nitrogen functional groups attached to an aromatic ring is 1. The summed E-state index contributed by atoms with van der Waals surface area (Å²) < 4.78 is 40.7. The van der Waals surface area contributed by atoms with Gasteiger partial charge in [-0.05, 0) is 61.6 Å². The van der Waals surface area contributed by atoms with Gasteiger partial charge in [-0.2, -0.15) is 14.1 Å². The fraction of sp³-hybridized carbons (Fsp3) is 0.407. The van der Waals surface area contributed by atoms with Gasteiger partial charge in [0.15, 0.2) is 0 Å². The zero-order valence-corrected chi connectivity index (χ0v) is 23.3. The van der Waals surface area contributed by atoms with Gasteiger partial charge >= 0.3 is 5.56 Å². The number of hydrogen-bond donors (Lipinski definition) is 1. The van der Waals surface area contributed by atoms with Crippen molar-refractivity contribution in [3.8, 4) is 17.2 Å². The number of benzene rings is 2. The molecule has 208 valence electrons. The van der Waals surface area contributed by atoms with Gasteiger partial charge in [-0.25, -0.2) is 8.42 Å². The summed E-state index contributed by atoms with van der Waals surface area (Å²) in [4.78, 5) is 15.6. The number of ether oxygens (including phenoxy) is 2. The second kappa shape index (κ2) is 11.4. The SMILES string of the molecule is COc1cc(CS(=O)(=O)N2CCN(c3cnn(-c4cccc(Cl)c4)c(=O)c3OC3CCCC3)CC2)ccc1N. The van der Waals surface area contributed by atoms with Crippen LogP contribution < -0.4 is 25.7 Å². The lowest BCUT2D eigenvalue weighted by atomic mass is 10.2. The number of piperazine rings is 1. The minimum Gasteiger partial charge on any atom is -0.495 e. The van der Waals surface area contributed by atoms with Crippen molar-refractivity contribution in [3.63, 3.8) is 0 Å². The van der Waals surface area contributed by atoms with Crippen LogP contribution in [0.5, 0.6) is 11.5 Å². The molecule has 39 heavy (non-hydrogen) atoms. The Bertz CT molecular complexity index is 1500. The first-order valence-electron chi connectivity index (χ1n) is 13.0. The number of hydrogen-bond acceptors (Lipinski definition) is 8. The van der Waals surface area contributed by atoms with Gasteiger partial charge in [0.05, 0.1) is 36.5 Å². The van der Waals surface area contributed by atoms with Crippen LogP contribution in [0.15, 0.2) is 53.5 Å². The first-order valence-corrected chi connectivity index (χ1v) is 14.9. The molecule has 1 saturated carbocycles. The fourth-order valence-corrected chi connectivity index (χ4v) is 6.77. The number of methoxy groups -OCH3 is 1. The predicted molar refractivity (Wildman–Crippen MR) is 152 cm³/mol. The Kier molecular flexibility index (Phi) is 8.01. The third-order valence-electron chi connectivity index (χ3n) is 7.17. The van der Waals surface area contributed by atoms with E-state index in [2.05, 4.69) is 5.10 Å². The predicted octanol–water partition coefficient (Wildman–Crippen LogP) is 3.45. The van der Waals surface area contributed by atoms with E-state index in [4.69, 9.17) is 26.8 Å². The molecule has 0 atom stereocenters. The highest BCUT2D eigenvalue weighted by Gasteiger charge is 2.31. The zero-order valence-electron chi connectivity index (χ0n) is 21.8. The number of nitrogens with two attached hydrogens (primary N) is 1. The Balaban J connectivity index is 1.36. The molecule has 2 fully saturated rings. The van der Waals surface area contributed by atoms with Gasteiger partial charge < -0.3 is 20.1 Å². The van der Waals surface area contributed by atoms with E-state index in [0.29, 0.717) is 46.5 Å². The Morgan fingerprint density at radius 3 is 2.51 bits per heavy atom. The maximum Gasteiger partial charge on any atom is 0.316 e. The largest absolute Gasteiger partial charge is 0.495 e. The summed E-state index contributed by atoms with van der Waals surface area (Å²) in [5, 5.41) is 4.92. The number of halogens is 1. The van der Waals surface area contributed by atoms with E-state index in [1.54, 1.807) is 48.7 Å². The second-order valence-electron chi connectivity index (χ2n) is 9.80. The van der Waals surface area contributed by atoms with Crippen LogP contribution in [0.3, 0.4) is 0 Å². The van der Waals surface area contributed by atoms with E-state index >= 15 is 0 Å². The van der Waals surface area contributed by atoms with Crippen LogP contribution in [0.4, 0.5) is 11.4 Å². The van der Waals surface area contributed by atoms with Gasteiger partial charge in [0.2, 0.25) is 15.8 Å². The van der Waals surface area contributed by atoms with Crippen LogP contribution in [0, 0.1) is 0 Å². The second-order valence-corrected chi connectivity index (χ2v) is 12.2. The average Bonchev–Trinajstić information content (AvgIpc) is 3.44. The molecule has 2 heterocycles. The van der Waals surface area contributed by atoms with E-state index in [9.17, 15) is 13.2 Å². The molecule has 2 aliphatic rings. The number of sulfonamides is 1. The molecule has 10 nitrogen and oxygen atoms in total. The average molecular weight is 574 g/mol. The molecule has 0 spiro atoms. The van der Waals surface area contributed by atoms with Crippen LogP contribution >= 0.6 is 11.6 Å². The van der Waals surface area contributed by atoms with Crippen LogP contribution in [0.2, 0.25) is 5.02 Å². The van der Waals surface area contributed by atoms with Crippen molar-refractivity contribution in [1.29, 1.82) is 0 Å². The molecule has 0 amide bonds. The summed E-state index contributed by atoms with van der Waals surface area (Å²) in [5.41, 5.74) is 7.67. The highest BCUT2D eigenvalue weighted by atomic mass is 35.5. The van der Waals surface area contributed by atoms with Crippen LogP contribution in [0.1, 0.15) is 31.2 Å². The highest BCUT2D eigenvalue weighted by Crippen LogP contribution is 2.31. The zero-order chi connectivity index (χ0) is 27.6. The van der Waals surface area contributed by atoms with Crippen molar-refractivity contribution in [1.82, 2.24) is 14.1 Å². The van der Waals surface area contributed by atoms with Crippen LogP contribution in [-0.2, 0) is 15.8 Å². The maximum atomic E-state index is 13.6. The van der Waals surface area contributed by atoms with Crippen LogP contribution in [0.25, 0.3) is 5.69 Å². The first-order chi connectivity index (χ1) is 18.7. The summed E-state index contributed by atoms with van der Waals surface area (Å²) in [6.07, 6.45) is 5.48. The molecule has 0 bridgehead atoms. The highest BCUT2D eigenvalue weighted by molar-refractivity contribution is 7.88. The van der Waals surface area contributed by atoms with Crippen molar-refractivity contribution in [3.05, 3.63) is 69.6 Å². The number of rotatable bonds is 8. The summed E-state index contributed by atoms with van der Waals surface area (Å²) in [6.45, 7) is 1.34. The van der Waals surface area contributed by atoms with Crippen molar-refractivity contribution >= 4 is 33.0 Å². The van der Waals surface area contributed by atoms with Gasteiger partial charge in [-0.15, -0.1) is 0 Å². The molecule has 1 aliphatic carbocycles. The monoisotopic (exact) mass is 573 g/mol. The normalized spacial score (nSPS) is 16.9. The van der Waals surface area contributed by atoms with Gasteiger partial charge in [0, 0.05) is 31.2 Å².